The predicted octanol–water partition coefficient (Wildman–Crippen LogP) is 2.57. The smallest absolute Gasteiger partial charge is 0.317 e. The lowest BCUT2D eigenvalue weighted by Crippen LogP contribution is -2.42. The normalized spacial score (nSPS) is 15.3. The number of amides is 3. The van der Waals surface area contributed by atoms with Crippen molar-refractivity contribution in [2.75, 3.05) is 32.7 Å². The van der Waals surface area contributed by atoms with Gasteiger partial charge in [0.25, 0.3) is 5.91 Å². The van der Waals surface area contributed by atoms with Crippen molar-refractivity contribution in [3.63, 3.8) is 0 Å². The molecule has 1 aliphatic heterocycles. The van der Waals surface area contributed by atoms with Gasteiger partial charge in [-0.3, -0.25) is 4.79 Å². The number of nitrogens with zero attached hydrogens (tertiary/aromatic N) is 2. The summed E-state index contributed by atoms with van der Waals surface area (Å²) in [5.74, 6) is 0.0592. The van der Waals surface area contributed by atoms with Crippen molar-refractivity contribution in [1.82, 2.24) is 15.1 Å². The van der Waals surface area contributed by atoms with E-state index in [1.54, 1.807) is 0 Å². The third-order valence-corrected chi connectivity index (χ3v) is 4.35. The van der Waals surface area contributed by atoms with Crippen molar-refractivity contribution in [3.8, 4) is 0 Å². The number of aryl methyl sites for hydroxylation is 2. The monoisotopic (exact) mass is 317 g/mol. The minimum Gasteiger partial charge on any atom is -0.338 e. The molecule has 5 nitrogen and oxygen atoms in total. The van der Waals surface area contributed by atoms with Gasteiger partial charge in [0.2, 0.25) is 0 Å². The lowest BCUT2D eigenvalue weighted by molar-refractivity contribution is 0.0762. The molecule has 0 saturated carbocycles. The average Bonchev–Trinajstić information content (AvgIpc) is 2.80. The van der Waals surface area contributed by atoms with Crippen LogP contribution in [0.2, 0.25) is 0 Å². The molecule has 1 aromatic carbocycles. The molecule has 1 aliphatic rings. The predicted molar refractivity (Wildman–Crippen MR) is 91.7 cm³/mol. The number of rotatable bonds is 3. The van der Waals surface area contributed by atoms with Crippen molar-refractivity contribution in [3.05, 3.63) is 34.9 Å². The van der Waals surface area contributed by atoms with E-state index in [9.17, 15) is 9.59 Å². The van der Waals surface area contributed by atoms with Crippen molar-refractivity contribution >= 4 is 11.9 Å². The van der Waals surface area contributed by atoms with Crippen LogP contribution < -0.4 is 5.32 Å². The van der Waals surface area contributed by atoms with E-state index in [1.165, 1.54) is 5.56 Å². The first kappa shape index (κ1) is 17.3. The standard InChI is InChI=1S/C18H27N3O2/c1-4-8-19-18(23)21-10-5-9-20(11-12-21)17(22)16-7-6-14(2)15(3)13-16/h6-7,13H,4-5,8-12H2,1-3H3,(H,19,23). The van der Waals surface area contributed by atoms with Gasteiger partial charge >= 0.3 is 6.03 Å². The van der Waals surface area contributed by atoms with E-state index >= 15 is 0 Å². The van der Waals surface area contributed by atoms with Gasteiger partial charge in [0, 0.05) is 38.3 Å². The fraction of sp³-hybridized carbons (Fsp3) is 0.556. The minimum absolute atomic E-state index is 0.0210. The Bertz CT molecular complexity index is 571. The van der Waals surface area contributed by atoms with Gasteiger partial charge in [0.15, 0.2) is 0 Å². The molecule has 0 aromatic heterocycles. The third-order valence-electron chi connectivity index (χ3n) is 4.35. The van der Waals surface area contributed by atoms with E-state index in [1.807, 2.05) is 48.8 Å². The first-order valence-corrected chi connectivity index (χ1v) is 8.42. The van der Waals surface area contributed by atoms with Crippen LogP contribution >= 0.6 is 0 Å². The van der Waals surface area contributed by atoms with Crippen LogP contribution in [0.1, 0.15) is 41.3 Å². The summed E-state index contributed by atoms with van der Waals surface area (Å²) >= 11 is 0. The molecule has 2 rings (SSSR count). The largest absolute Gasteiger partial charge is 0.338 e. The molecule has 0 aliphatic carbocycles. The van der Waals surface area contributed by atoms with Gasteiger partial charge in [0.1, 0.15) is 0 Å². The molecule has 23 heavy (non-hydrogen) atoms. The lowest BCUT2D eigenvalue weighted by Gasteiger charge is -2.22. The molecule has 126 valence electrons. The molecule has 0 spiro atoms. The molecule has 1 heterocycles. The van der Waals surface area contributed by atoms with Gasteiger partial charge in [-0.1, -0.05) is 13.0 Å². The van der Waals surface area contributed by atoms with Crippen molar-refractivity contribution in [2.24, 2.45) is 0 Å². The van der Waals surface area contributed by atoms with Crippen LogP contribution in [0.5, 0.6) is 0 Å². The highest BCUT2D eigenvalue weighted by Gasteiger charge is 2.22. The Morgan fingerprint density at radius 3 is 2.43 bits per heavy atom. The number of hydrogen-bond acceptors (Lipinski definition) is 2. The molecule has 5 heteroatoms. The molecular weight excluding hydrogens is 290 g/mol. The van der Waals surface area contributed by atoms with Crippen LogP contribution in [0.4, 0.5) is 4.79 Å². The fourth-order valence-corrected chi connectivity index (χ4v) is 2.72. The maximum Gasteiger partial charge on any atom is 0.317 e. The molecule has 1 saturated heterocycles. The Labute approximate surface area is 138 Å². The highest BCUT2D eigenvalue weighted by atomic mass is 16.2. The van der Waals surface area contributed by atoms with Crippen LogP contribution in [0.3, 0.4) is 0 Å². The molecule has 1 fully saturated rings. The summed E-state index contributed by atoms with van der Waals surface area (Å²) in [6.45, 7) is 9.37. The topological polar surface area (TPSA) is 52.7 Å². The van der Waals surface area contributed by atoms with E-state index in [-0.39, 0.29) is 11.9 Å². The van der Waals surface area contributed by atoms with E-state index in [0.29, 0.717) is 32.7 Å². The van der Waals surface area contributed by atoms with Gasteiger partial charge in [-0.15, -0.1) is 0 Å². The zero-order valence-electron chi connectivity index (χ0n) is 14.4. The maximum absolute atomic E-state index is 12.7. The van der Waals surface area contributed by atoms with Crippen LogP contribution in [0.15, 0.2) is 18.2 Å². The van der Waals surface area contributed by atoms with Crippen molar-refractivity contribution < 1.29 is 9.59 Å². The molecule has 1 aromatic rings. The fourth-order valence-electron chi connectivity index (χ4n) is 2.72. The third kappa shape index (κ3) is 4.47. The molecular formula is C18H27N3O2. The number of benzene rings is 1. The quantitative estimate of drug-likeness (QED) is 0.931. The summed E-state index contributed by atoms with van der Waals surface area (Å²) in [4.78, 5) is 28.4. The van der Waals surface area contributed by atoms with Gasteiger partial charge < -0.3 is 15.1 Å². The first-order chi connectivity index (χ1) is 11.0. The Hall–Kier alpha value is -2.04. The highest BCUT2D eigenvalue weighted by molar-refractivity contribution is 5.94. The Morgan fingerprint density at radius 1 is 1.04 bits per heavy atom. The van der Waals surface area contributed by atoms with E-state index in [0.717, 1.165) is 24.0 Å². The molecule has 0 bridgehead atoms. The van der Waals surface area contributed by atoms with E-state index in [2.05, 4.69) is 5.32 Å². The second-order valence-electron chi connectivity index (χ2n) is 6.16. The Balaban J connectivity index is 1.98. The van der Waals surface area contributed by atoms with Gasteiger partial charge in [-0.25, -0.2) is 4.79 Å². The molecule has 3 amide bonds. The number of carbonyl (C=O) groups is 2. The summed E-state index contributed by atoms with van der Waals surface area (Å²) in [6.07, 6.45) is 1.74. The van der Waals surface area contributed by atoms with E-state index in [4.69, 9.17) is 0 Å². The number of carbonyl (C=O) groups excluding carboxylic acids is 2. The maximum atomic E-state index is 12.7. The summed E-state index contributed by atoms with van der Waals surface area (Å²) in [5, 5.41) is 2.90. The SMILES string of the molecule is CCCNC(=O)N1CCCN(C(=O)c2ccc(C)c(C)c2)CC1. The number of nitrogens with one attached hydrogen (secondary N) is 1. The summed E-state index contributed by atoms with van der Waals surface area (Å²) in [7, 11) is 0. The van der Waals surface area contributed by atoms with Crippen LogP contribution in [-0.2, 0) is 0 Å². The number of urea groups is 1. The second-order valence-corrected chi connectivity index (χ2v) is 6.16. The Kier molecular flexibility index (Phi) is 6.02. The Morgan fingerprint density at radius 2 is 1.74 bits per heavy atom. The molecule has 1 N–H and O–H groups in total. The highest BCUT2D eigenvalue weighted by Crippen LogP contribution is 2.14. The zero-order valence-corrected chi connectivity index (χ0v) is 14.4. The van der Waals surface area contributed by atoms with Crippen molar-refractivity contribution in [2.45, 2.75) is 33.6 Å². The molecule has 0 unspecified atom stereocenters. The van der Waals surface area contributed by atoms with E-state index < -0.39 is 0 Å². The first-order valence-electron chi connectivity index (χ1n) is 8.42. The second kappa shape index (κ2) is 7.99. The minimum atomic E-state index is -0.0210. The summed E-state index contributed by atoms with van der Waals surface area (Å²) in [6, 6.07) is 5.81. The van der Waals surface area contributed by atoms with Gasteiger partial charge in [0.05, 0.1) is 0 Å². The number of hydrogen-bond donors (Lipinski definition) is 1. The average molecular weight is 317 g/mol. The van der Waals surface area contributed by atoms with Gasteiger partial charge in [-0.05, 0) is 49.9 Å². The van der Waals surface area contributed by atoms with Gasteiger partial charge in [-0.2, -0.15) is 0 Å². The lowest BCUT2D eigenvalue weighted by atomic mass is 10.1. The van der Waals surface area contributed by atoms with Crippen LogP contribution in [-0.4, -0.2) is 54.5 Å². The van der Waals surface area contributed by atoms with Crippen molar-refractivity contribution in [1.29, 1.82) is 0 Å². The molecule has 0 atom stereocenters. The summed E-state index contributed by atoms with van der Waals surface area (Å²) in [5.41, 5.74) is 3.06. The zero-order chi connectivity index (χ0) is 16.8. The summed E-state index contributed by atoms with van der Waals surface area (Å²) < 4.78 is 0. The molecule has 0 radical (unpaired) electrons. The van der Waals surface area contributed by atoms with Crippen LogP contribution in [0.25, 0.3) is 0 Å². The van der Waals surface area contributed by atoms with Crippen LogP contribution in [0, 0.1) is 13.8 Å².